The Morgan fingerprint density at radius 1 is 1.27 bits per heavy atom. The fourth-order valence-corrected chi connectivity index (χ4v) is 2.31. The first-order chi connectivity index (χ1) is 10.5. The number of aryl methyl sites for hydroxylation is 1. The number of ether oxygens (including phenoxy) is 2. The Kier molecular flexibility index (Phi) is 5.36. The number of nitrogens with zero attached hydrogens (tertiary/aromatic N) is 1. The number of esters is 1. The van der Waals surface area contributed by atoms with Crippen LogP contribution in [0.5, 0.6) is 5.75 Å². The minimum absolute atomic E-state index is 0.176. The van der Waals surface area contributed by atoms with Gasteiger partial charge in [0.1, 0.15) is 12.4 Å². The van der Waals surface area contributed by atoms with E-state index in [9.17, 15) is 4.79 Å². The Labute approximate surface area is 131 Å². The number of pyridine rings is 1. The summed E-state index contributed by atoms with van der Waals surface area (Å²) in [7, 11) is 0. The fourth-order valence-electron chi connectivity index (χ4n) is 2.31. The van der Waals surface area contributed by atoms with E-state index in [-0.39, 0.29) is 12.6 Å². The van der Waals surface area contributed by atoms with E-state index in [1.165, 1.54) is 12.5 Å². The third kappa shape index (κ3) is 3.75. The summed E-state index contributed by atoms with van der Waals surface area (Å²) in [5.74, 6) is 0.544. The lowest BCUT2D eigenvalue weighted by molar-refractivity contribution is -0.142. The first-order valence-electron chi connectivity index (χ1n) is 7.69. The Bertz CT molecular complexity index is 680. The summed E-state index contributed by atoms with van der Waals surface area (Å²) in [5, 5.41) is 1.01. The summed E-state index contributed by atoms with van der Waals surface area (Å²) >= 11 is 0. The maximum atomic E-state index is 11.1. The molecule has 0 amide bonds. The zero-order valence-electron chi connectivity index (χ0n) is 13.7. The number of unbranched alkanes of at least 4 members (excludes halogenated alkanes) is 1. The van der Waals surface area contributed by atoms with E-state index >= 15 is 0 Å². The van der Waals surface area contributed by atoms with Crippen molar-refractivity contribution in [3.8, 4) is 5.75 Å². The molecule has 1 aromatic heterocycles. The van der Waals surface area contributed by atoms with Gasteiger partial charge in [-0.05, 0) is 32.4 Å². The number of hydrogen-bond donors (Lipinski definition) is 0. The molecule has 118 valence electrons. The quantitative estimate of drug-likeness (QED) is 0.595. The molecule has 1 heterocycles. The number of carbonyl (C=O) groups excluding carboxylic acids is 1. The van der Waals surface area contributed by atoms with Gasteiger partial charge in [-0.2, -0.15) is 0 Å². The minimum atomic E-state index is -0.307. The lowest BCUT2D eigenvalue weighted by Gasteiger charge is -2.15. The van der Waals surface area contributed by atoms with Crippen LogP contribution in [0.1, 0.15) is 43.5 Å². The summed E-state index contributed by atoms with van der Waals surface area (Å²) in [6, 6.07) is 6.09. The van der Waals surface area contributed by atoms with E-state index in [1.54, 1.807) is 0 Å². The van der Waals surface area contributed by atoms with Crippen molar-refractivity contribution < 1.29 is 14.3 Å². The standard InChI is InChI=1S/C18H23NO3/c1-5-6-9-21-18-13(3)17(11-22-14(4)20)19-16-8-7-12(2)10-15(16)18/h7-8,10H,5-6,9,11H2,1-4H3. The lowest BCUT2D eigenvalue weighted by Crippen LogP contribution is -2.07. The monoisotopic (exact) mass is 301 g/mol. The molecule has 22 heavy (non-hydrogen) atoms. The van der Waals surface area contributed by atoms with Crippen LogP contribution in [0.25, 0.3) is 10.9 Å². The Morgan fingerprint density at radius 3 is 2.73 bits per heavy atom. The SMILES string of the molecule is CCCCOc1c(C)c(COC(C)=O)nc2ccc(C)cc12. The molecule has 0 spiro atoms. The maximum Gasteiger partial charge on any atom is 0.303 e. The maximum absolute atomic E-state index is 11.1. The third-order valence-electron chi connectivity index (χ3n) is 3.58. The largest absolute Gasteiger partial charge is 0.493 e. The molecule has 0 atom stereocenters. The molecule has 4 nitrogen and oxygen atoms in total. The summed E-state index contributed by atoms with van der Waals surface area (Å²) in [5.41, 5.74) is 3.72. The Morgan fingerprint density at radius 2 is 2.05 bits per heavy atom. The van der Waals surface area contributed by atoms with Crippen molar-refractivity contribution in [2.75, 3.05) is 6.61 Å². The van der Waals surface area contributed by atoms with E-state index in [0.717, 1.165) is 40.8 Å². The highest BCUT2D eigenvalue weighted by atomic mass is 16.5. The average Bonchev–Trinajstić information content (AvgIpc) is 2.48. The molecule has 2 rings (SSSR count). The molecule has 0 unspecified atom stereocenters. The van der Waals surface area contributed by atoms with Crippen LogP contribution < -0.4 is 4.74 Å². The van der Waals surface area contributed by atoms with Crippen molar-refractivity contribution in [1.29, 1.82) is 0 Å². The van der Waals surface area contributed by atoms with Gasteiger partial charge in [-0.25, -0.2) is 4.98 Å². The Balaban J connectivity index is 2.46. The van der Waals surface area contributed by atoms with Gasteiger partial charge in [0.25, 0.3) is 0 Å². The molecule has 0 aliphatic heterocycles. The summed E-state index contributed by atoms with van der Waals surface area (Å²) < 4.78 is 11.1. The van der Waals surface area contributed by atoms with Crippen molar-refractivity contribution in [3.63, 3.8) is 0 Å². The van der Waals surface area contributed by atoms with E-state index in [1.807, 2.05) is 19.1 Å². The number of fused-ring (bicyclic) bond motifs is 1. The summed E-state index contributed by atoms with van der Waals surface area (Å²) in [4.78, 5) is 15.7. The van der Waals surface area contributed by atoms with Gasteiger partial charge in [0.2, 0.25) is 0 Å². The number of benzene rings is 1. The van der Waals surface area contributed by atoms with Crippen LogP contribution in [0.15, 0.2) is 18.2 Å². The first-order valence-corrected chi connectivity index (χ1v) is 7.69. The van der Waals surface area contributed by atoms with Crippen LogP contribution in [-0.4, -0.2) is 17.6 Å². The molecule has 1 aromatic carbocycles. The molecule has 0 bridgehead atoms. The van der Waals surface area contributed by atoms with Gasteiger partial charge in [0.15, 0.2) is 0 Å². The second kappa shape index (κ2) is 7.25. The molecule has 0 aliphatic rings. The topological polar surface area (TPSA) is 48.4 Å². The first kappa shape index (κ1) is 16.3. The molecule has 4 heteroatoms. The van der Waals surface area contributed by atoms with Gasteiger partial charge in [-0.3, -0.25) is 4.79 Å². The van der Waals surface area contributed by atoms with Crippen molar-refractivity contribution >= 4 is 16.9 Å². The lowest BCUT2D eigenvalue weighted by atomic mass is 10.1. The molecule has 2 aromatic rings. The van der Waals surface area contributed by atoms with E-state index in [0.29, 0.717) is 6.61 Å². The average molecular weight is 301 g/mol. The highest BCUT2D eigenvalue weighted by molar-refractivity contribution is 5.87. The van der Waals surface area contributed by atoms with Gasteiger partial charge < -0.3 is 9.47 Å². The van der Waals surface area contributed by atoms with Gasteiger partial charge >= 0.3 is 5.97 Å². The molecule has 0 N–H and O–H groups in total. The number of aromatic nitrogens is 1. The molecule has 0 aliphatic carbocycles. The molecular weight excluding hydrogens is 278 g/mol. The molecule has 0 saturated heterocycles. The van der Waals surface area contributed by atoms with E-state index in [2.05, 4.69) is 24.9 Å². The molecular formula is C18H23NO3. The van der Waals surface area contributed by atoms with Crippen molar-refractivity contribution in [2.24, 2.45) is 0 Å². The minimum Gasteiger partial charge on any atom is -0.493 e. The number of hydrogen-bond acceptors (Lipinski definition) is 4. The fraction of sp³-hybridized carbons (Fsp3) is 0.444. The van der Waals surface area contributed by atoms with Crippen molar-refractivity contribution in [3.05, 3.63) is 35.0 Å². The number of carbonyl (C=O) groups is 1. The zero-order chi connectivity index (χ0) is 16.1. The van der Waals surface area contributed by atoms with Crippen LogP contribution in [-0.2, 0) is 16.1 Å². The highest BCUT2D eigenvalue weighted by Gasteiger charge is 2.14. The smallest absolute Gasteiger partial charge is 0.303 e. The summed E-state index contributed by atoms with van der Waals surface area (Å²) in [6.45, 7) is 8.41. The van der Waals surface area contributed by atoms with Crippen LogP contribution in [0, 0.1) is 13.8 Å². The normalized spacial score (nSPS) is 10.7. The van der Waals surface area contributed by atoms with Gasteiger partial charge in [-0.15, -0.1) is 0 Å². The Hall–Kier alpha value is -2.10. The van der Waals surface area contributed by atoms with Crippen LogP contribution in [0.4, 0.5) is 0 Å². The van der Waals surface area contributed by atoms with Crippen LogP contribution in [0.3, 0.4) is 0 Å². The number of rotatable bonds is 6. The molecule has 0 radical (unpaired) electrons. The van der Waals surface area contributed by atoms with E-state index < -0.39 is 0 Å². The summed E-state index contributed by atoms with van der Waals surface area (Å²) in [6.07, 6.45) is 2.09. The van der Waals surface area contributed by atoms with Crippen molar-refractivity contribution in [2.45, 2.75) is 47.1 Å². The predicted molar refractivity (Wildman–Crippen MR) is 87.1 cm³/mol. The van der Waals surface area contributed by atoms with Crippen LogP contribution >= 0.6 is 0 Å². The predicted octanol–water partition coefficient (Wildman–Crippen LogP) is 4.09. The highest BCUT2D eigenvalue weighted by Crippen LogP contribution is 2.31. The van der Waals surface area contributed by atoms with E-state index in [4.69, 9.17) is 9.47 Å². The van der Waals surface area contributed by atoms with Gasteiger partial charge in [0.05, 0.1) is 17.8 Å². The molecule has 0 saturated carbocycles. The van der Waals surface area contributed by atoms with Gasteiger partial charge in [0, 0.05) is 17.9 Å². The van der Waals surface area contributed by atoms with Gasteiger partial charge in [-0.1, -0.05) is 25.0 Å². The second-order valence-electron chi connectivity index (χ2n) is 5.52. The van der Waals surface area contributed by atoms with Crippen LogP contribution in [0.2, 0.25) is 0 Å². The third-order valence-corrected chi connectivity index (χ3v) is 3.58. The zero-order valence-corrected chi connectivity index (χ0v) is 13.7. The molecule has 0 fully saturated rings. The van der Waals surface area contributed by atoms with Crippen molar-refractivity contribution in [1.82, 2.24) is 4.98 Å². The second-order valence-corrected chi connectivity index (χ2v) is 5.52.